The van der Waals surface area contributed by atoms with Crippen molar-refractivity contribution in [3.63, 3.8) is 0 Å². The number of nitrogens with one attached hydrogen (secondary N) is 1. The van der Waals surface area contributed by atoms with E-state index in [2.05, 4.69) is 10.2 Å². The van der Waals surface area contributed by atoms with Crippen molar-refractivity contribution >= 4 is 0 Å². The van der Waals surface area contributed by atoms with Gasteiger partial charge >= 0.3 is 0 Å². The molecule has 0 aromatic heterocycles. The van der Waals surface area contributed by atoms with Gasteiger partial charge in [-0.25, -0.2) is 0 Å². The van der Waals surface area contributed by atoms with Crippen LogP contribution in [0.1, 0.15) is 25.7 Å². The fraction of sp³-hybridized carbons (Fsp3) is 1.00. The minimum Gasteiger partial charge on any atom is -0.383 e. The van der Waals surface area contributed by atoms with Gasteiger partial charge in [-0.1, -0.05) is 0 Å². The highest BCUT2D eigenvalue weighted by Gasteiger charge is 2.28. The standard InChI is InChI=1S/C13H26N2O2/c1-16-10-12(8-14-11-5-6-11)15-7-3-4-13(9-15)17-2/h11-14H,3-10H2,1-2H3. The van der Waals surface area contributed by atoms with Gasteiger partial charge in [0.1, 0.15) is 0 Å². The van der Waals surface area contributed by atoms with Crippen LogP contribution < -0.4 is 5.32 Å². The van der Waals surface area contributed by atoms with Gasteiger partial charge in [0.05, 0.1) is 12.7 Å². The first-order chi connectivity index (χ1) is 8.33. The van der Waals surface area contributed by atoms with Gasteiger partial charge in [-0.05, 0) is 32.2 Å². The minimum absolute atomic E-state index is 0.407. The van der Waals surface area contributed by atoms with Crippen molar-refractivity contribution in [1.82, 2.24) is 10.2 Å². The van der Waals surface area contributed by atoms with E-state index in [0.717, 1.165) is 25.7 Å². The first-order valence-electron chi connectivity index (χ1n) is 6.82. The molecular formula is C13H26N2O2. The Bertz CT molecular complexity index is 221. The fourth-order valence-corrected chi connectivity index (χ4v) is 2.57. The summed E-state index contributed by atoms with van der Waals surface area (Å²) in [5.41, 5.74) is 0. The smallest absolute Gasteiger partial charge is 0.0698 e. The van der Waals surface area contributed by atoms with Crippen LogP contribution in [0.15, 0.2) is 0 Å². The van der Waals surface area contributed by atoms with Gasteiger partial charge < -0.3 is 14.8 Å². The monoisotopic (exact) mass is 242 g/mol. The van der Waals surface area contributed by atoms with Crippen molar-refractivity contribution < 1.29 is 9.47 Å². The van der Waals surface area contributed by atoms with Gasteiger partial charge in [0.25, 0.3) is 0 Å². The average molecular weight is 242 g/mol. The van der Waals surface area contributed by atoms with Crippen LogP contribution in [0, 0.1) is 0 Å². The first-order valence-corrected chi connectivity index (χ1v) is 6.82. The van der Waals surface area contributed by atoms with Crippen LogP contribution in [-0.4, -0.2) is 63.5 Å². The van der Waals surface area contributed by atoms with Crippen LogP contribution >= 0.6 is 0 Å². The molecule has 2 unspecified atom stereocenters. The van der Waals surface area contributed by atoms with Crippen LogP contribution in [0.4, 0.5) is 0 Å². The van der Waals surface area contributed by atoms with Crippen molar-refractivity contribution in [3.8, 4) is 0 Å². The summed E-state index contributed by atoms with van der Waals surface area (Å²) in [7, 11) is 3.61. The summed E-state index contributed by atoms with van der Waals surface area (Å²) < 4.78 is 10.8. The van der Waals surface area contributed by atoms with E-state index < -0.39 is 0 Å². The zero-order valence-electron chi connectivity index (χ0n) is 11.2. The number of hydrogen-bond acceptors (Lipinski definition) is 4. The minimum atomic E-state index is 0.407. The summed E-state index contributed by atoms with van der Waals surface area (Å²) in [5, 5.41) is 3.61. The second-order valence-electron chi connectivity index (χ2n) is 5.29. The van der Waals surface area contributed by atoms with Crippen molar-refractivity contribution in [2.75, 3.05) is 40.5 Å². The number of likely N-dealkylation sites (tertiary alicyclic amines) is 1. The summed E-state index contributed by atoms with van der Waals surface area (Å²) in [5.74, 6) is 0. The molecule has 0 amide bonds. The molecule has 100 valence electrons. The molecule has 1 N–H and O–H groups in total. The van der Waals surface area contributed by atoms with Crippen molar-refractivity contribution in [3.05, 3.63) is 0 Å². The number of hydrogen-bond donors (Lipinski definition) is 1. The summed E-state index contributed by atoms with van der Waals surface area (Å²) in [4.78, 5) is 2.52. The molecule has 2 rings (SSSR count). The number of ether oxygens (including phenoxy) is 2. The molecule has 1 saturated heterocycles. The molecule has 0 bridgehead atoms. The molecule has 0 aromatic carbocycles. The van der Waals surface area contributed by atoms with E-state index >= 15 is 0 Å². The van der Waals surface area contributed by atoms with Gasteiger partial charge in [0.2, 0.25) is 0 Å². The van der Waals surface area contributed by atoms with E-state index in [1.165, 1.54) is 32.2 Å². The number of methoxy groups -OCH3 is 2. The number of piperidine rings is 1. The lowest BCUT2D eigenvalue weighted by atomic mass is 10.1. The Morgan fingerprint density at radius 3 is 2.76 bits per heavy atom. The van der Waals surface area contributed by atoms with Gasteiger partial charge in [-0.15, -0.1) is 0 Å². The van der Waals surface area contributed by atoms with Gasteiger partial charge in [-0.3, -0.25) is 4.90 Å². The summed E-state index contributed by atoms with van der Waals surface area (Å²) in [6.45, 7) is 4.10. The highest BCUT2D eigenvalue weighted by atomic mass is 16.5. The Kier molecular flexibility index (Phi) is 5.22. The molecule has 2 atom stereocenters. The third kappa shape index (κ3) is 4.21. The maximum absolute atomic E-state index is 5.48. The molecule has 2 aliphatic rings. The Hall–Kier alpha value is -0.160. The Labute approximate surface area is 105 Å². The van der Waals surface area contributed by atoms with Gasteiger partial charge in [0, 0.05) is 39.4 Å². The van der Waals surface area contributed by atoms with Crippen molar-refractivity contribution in [2.24, 2.45) is 0 Å². The highest BCUT2D eigenvalue weighted by Crippen LogP contribution is 2.20. The van der Waals surface area contributed by atoms with Crippen LogP contribution in [0.2, 0.25) is 0 Å². The van der Waals surface area contributed by atoms with Crippen LogP contribution in [-0.2, 0) is 9.47 Å². The third-order valence-electron chi connectivity index (χ3n) is 3.84. The maximum atomic E-state index is 5.48. The van der Waals surface area contributed by atoms with Gasteiger partial charge in [0.15, 0.2) is 0 Å². The van der Waals surface area contributed by atoms with Crippen LogP contribution in [0.25, 0.3) is 0 Å². The predicted molar refractivity (Wildman–Crippen MR) is 68.3 cm³/mol. The van der Waals surface area contributed by atoms with E-state index in [1.54, 1.807) is 7.11 Å². The van der Waals surface area contributed by atoms with E-state index in [9.17, 15) is 0 Å². The molecule has 4 heteroatoms. The topological polar surface area (TPSA) is 33.7 Å². The molecule has 1 aliphatic carbocycles. The summed E-state index contributed by atoms with van der Waals surface area (Å²) in [6.07, 6.45) is 5.54. The number of nitrogens with zero attached hydrogens (tertiary/aromatic N) is 1. The van der Waals surface area contributed by atoms with Gasteiger partial charge in [-0.2, -0.15) is 0 Å². The lowest BCUT2D eigenvalue weighted by Gasteiger charge is -2.37. The summed E-state index contributed by atoms with van der Waals surface area (Å²) >= 11 is 0. The van der Waals surface area contributed by atoms with Crippen molar-refractivity contribution in [2.45, 2.75) is 43.9 Å². The molecule has 1 aliphatic heterocycles. The highest BCUT2D eigenvalue weighted by molar-refractivity contribution is 4.86. The van der Waals surface area contributed by atoms with Crippen molar-refractivity contribution in [1.29, 1.82) is 0 Å². The van der Waals surface area contributed by atoms with E-state index in [-0.39, 0.29) is 0 Å². The van der Waals surface area contributed by atoms with E-state index in [0.29, 0.717) is 12.1 Å². The second kappa shape index (κ2) is 6.69. The Morgan fingerprint density at radius 1 is 1.29 bits per heavy atom. The lowest BCUT2D eigenvalue weighted by Crippen LogP contribution is -2.51. The Morgan fingerprint density at radius 2 is 2.12 bits per heavy atom. The SMILES string of the molecule is COCC(CNC1CC1)N1CCCC(OC)C1. The molecule has 2 fully saturated rings. The molecule has 0 spiro atoms. The molecule has 1 saturated carbocycles. The normalized spacial score (nSPS) is 28.2. The average Bonchev–Trinajstić information content (AvgIpc) is 3.18. The van der Waals surface area contributed by atoms with Crippen LogP contribution in [0.3, 0.4) is 0 Å². The summed E-state index contributed by atoms with van der Waals surface area (Å²) in [6, 6.07) is 1.27. The zero-order valence-corrected chi connectivity index (χ0v) is 11.2. The molecule has 17 heavy (non-hydrogen) atoms. The lowest BCUT2D eigenvalue weighted by molar-refractivity contribution is -0.00216. The van der Waals surface area contributed by atoms with E-state index in [1.807, 2.05) is 7.11 Å². The molecule has 0 aromatic rings. The Balaban J connectivity index is 1.79. The van der Waals surface area contributed by atoms with E-state index in [4.69, 9.17) is 9.47 Å². The largest absolute Gasteiger partial charge is 0.383 e. The first kappa shape index (κ1) is 13.3. The fourth-order valence-electron chi connectivity index (χ4n) is 2.57. The number of rotatable bonds is 7. The molecule has 0 radical (unpaired) electrons. The maximum Gasteiger partial charge on any atom is 0.0698 e. The molecule has 4 nitrogen and oxygen atoms in total. The van der Waals surface area contributed by atoms with Crippen LogP contribution in [0.5, 0.6) is 0 Å². The quantitative estimate of drug-likeness (QED) is 0.718. The second-order valence-corrected chi connectivity index (χ2v) is 5.29. The molecule has 1 heterocycles. The molecular weight excluding hydrogens is 216 g/mol. The zero-order chi connectivity index (χ0) is 12.1. The predicted octanol–water partition coefficient (Wildman–Crippen LogP) is 0.864. The third-order valence-corrected chi connectivity index (χ3v) is 3.84.